The topological polar surface area (TPSA) is 47.6 Å². The molecule has 1 atom stereocenters. The first-order valence-corrected chi connectivity index (χ1v) is 7.66. The predicted octanol–water partition coefficient (Wildman–Crippen LogP) is 3.10. The SMILES string of the molecule is CCCCNC(=O)[C@@H](C)Sc1ccc(OC)c(OC)c1. The Morgan fingerprint density at radius 1 is 1.30 bits per heavy atom. The van der Waals surface area contributed by atoms with Gasteiger partial charge in [0, 0.05) is 11.4 Å². The van der Waals surface area contributed by atoms with Gasteiger partial charge in [-0.2, -0.15) is 0 Å². The van der Waals surface area contributed by atoms with Crippen LogP contribution in [0.25, 0.3) is 0 Å². The minimum atomic E-state index is -0.134. The standard InChI is InChI=1S/C15H23NO3S/c1-5-6-9-16-15(17)11(2)20-12-7-8-13(18-3)14(10-12)19-4/h7-8,10-11H,5-6,9H2,1-4H3,(H,16,17)/t11-/m1/s1. The Labute approximate surface area is 125 Å². The lowest BCUT2D eigenvalue weighted by molar-refractivity contribution is -0.120. The van der Waals surface area contributed by atoms with E-state index in [2.05, 4.69) is 12.2 Å². The molecule has 0 heterocycles. The van der Waals surface area contributed by atoms with E-state index in [1.165, 1.54) is 11.8 Å². The maximum absolute atomic E-state index is 11.9. The van der Waals surface area contributed by atoms with Crippen LogP contribution < -0.4 is 14.8 Å². The number of hydrogen-bond donors (Lipinski definition) is 1. The number of carbonyl (C=O) groups excluding carboxylic acids is 1. The van der Waals surface area contributed by atoms with E-state index in [0.717, 1.165) is 24.3 Å². The highest BCUT2D eigenvalue weighted by atomic mass is 32.2. The molecule has 1 aromatic carbocycles. The molecule has 0 aromatic heterocycles. The summed E-state index contributed by atoms with van der Waals surface area (Å²) in [5.41, 5.74) is 0. The van der Waals surface area contributed by atoms with Crippen LogP contribution in [0.15, 0.2) is 23.1 Å². The second-order valence-electron chi connectivity index (χ2n) is 4.42. The van der Waals surface area contributed by atoms with E-state index in [4.69, 9.17) is 9.47 Å². The Kier molecular flexibility index (Phi) is 7.30. The molecule has 1 amide bonds. The maximum Gasteiger partial charge on any atom is 0.233 e. The molecule has 1 N–H and O–H groups in total. The highest BCUT2D eigenvalue weighted by molar-refractivity contribution is 8.00. The number of thioether (sulfide) groups is 1. The predicted molar refractivity (Wildman–Crippen MR) is 82.8 cm³/mol. The summed E-state index contributed by atoms with van der Waals surface area (Å²) in [6.45, 7) is 4.75. The summed E-state index contributed by atoms with van der Waals surface area (Å²) in [5.74, 6) is 1.44. The number of carbonyl (C=O) groups is 1. The molecule has 1 aromatic rings. The van der Waals surface area contributed by atoms with E-state index in [1.807, 2.05) is 25.1 Å². The van der Waals surface area contributed by atoms with E-state index < -0.39 is 0 Å². The van der Waals surface area contributed by atoms with Gasteiger partial charge in [0.2, 0.25) is 5.91 Å². The van der Waals surface area contributed by atoms with Gasteiger partial charge in [0.15, 0.2) is 11.5 Å². The molecule has 0 aliphatic rings. The molecule has 4 nitrogen and oxygen atoms in total. The average Bonchev–Trinajstić information content (AvgIpc) is 2.47. The maximum atomic E-state index is 11.9. The zero-order chi connectivity index (χ0) is 15.0. The summed E-state index contributed by atoms with van der Waals surface area (Å²) < 4.78 is 10.5. The Morgan fingerprint density at radius 3 is 2.60 bits per heavy atom. The number of amides is 1. The van der Waals surface area contributed by atoms with Crippen LogP contribution in [-0.4, -0.2) is 31.9 Å². The van der Waals surface area contributed by atoms with E-state index in [0.29, 0.717) is 11.5 Å². The van der Waals surface area contributed by atoms with Crippen molar-refractivity contribution in [2.45, 2.75) is 36.8 Å². The molecule has 0 saturated carbocycles. The van der Waals surface area contributed by atoms with Gasteiger partial charge >= 0.3 is 0 Å². The molecular weight excluding hydrogens is 274 g/mol. The van der Waals surface area contributed by atoms with E-state index in [1.54, 1.807) is 14.2 Å². The second kappa shape index (κ2) is 8.74. The van der Waals surface area contributed by atoms with Crippen molar-refractivity contribution in [1.82, 2.24) is 5.32 Å². The van der Waals surface area contributed by atoms with E-state index in [9.17, 15) is 4.79 Å². The number of nitrogens with one attached hydrogen (secondary N) is 1. The summed E-state index contributed by atoms with van der Waals surface area (Å²) in [5, 5.41) is 2.80. The minimum Gasteiger partial charge on any atom is -0.493 e. The third-order valence-corrected chi connectivity index (χ3v) is 3.96. The van der Waals surface area contributed by atoms with Crippen molar-refractivity contribution in [2.75, 3.05) is 20.8 Å². The van der Waals surface area contributed by atoms with Gasteiger partial charge in [0.05, 0.1) is 19.5 Å². The Balaban J connectivity index is 2.61. The number of rotatable bonds is 8. The third-order valence-electron chi connectivity index (χ3n) is 2.87. The van der Waals surface area contributed by atoms with Crippen LogP contribution in [0, 0.1) is 0 Å². The van der Waals surface area contributed by atoms with Crippen LogP contribution >= 0.6 is 11.8 Å². The molecule has 0 radical (unpaired) electrons. The second-order valence-corrected chi connectivity index (χ2v) is 5.84. The van der Waals surface area contributed by atoms with Crippen LogP contribution in [0.3, 0.4) is 0 Å². The Hall–Kier alpha value is -1.36. The van der Waals surface area contributed by atoms with Crippen LogP contribution in [-0.2, 0) is 4.79 Å². The number of methoxy groups -OCH3 is 2. The Bertz CT molecular complexity index is 437. The summed E-state index contributed by atoms with van der Waals surface area (Å²) in [7, 11) is 3.21. The van der Waals surface area contributed by atoms with Gasteiger partial charge in [-0.15, -0.1) is 11.8 Å². The van der Waals surface area contributed by atoms with Crippen LogP contribution in [0.5, 0.6) is 11.5 Å². The minimum absolute atomic E-state index is 0.0678. The fraction of sp³-hybridized carbons (Fsp3) is 0.533. The number of unbranched alkanes of at least 4 members (excludes halogenated alkanes) is 1. The van der Waals surface area contributed by atoms with Crippen LogP contribution in [0.2, 0.25) is 0 Å². The molecule has 1 rings (SSSR count). The van der Waals surface area contributed by atoms with E-state index >= 15 is 0 Å². The van der Waals surface area contributed by atoms with Gasteiger partial charge in [-0.05, 0) is 31.5 Å². The summed E-state index contributed by atoms with van der Waals surface area (Å²) in [6.07, 6.45) is 2.09. The first-order chi connectivity index (χ1) is 9.62. The molecule has 112 valence electrons. The first-order valence-electron chi connectivity index (χ1n) is 6.78. The largest absolute Gasteiger partial charge is 0.493 e. The monoisotopic (exact) mass is 297 g/mol. The quantitative estimate of drug-likeness (QED) is 0.591. The molecule has 0 aliphatic heterocycles. The highest BCUT2D eigenvalue weighted by Crippen LogP contribution is 2.33. The van der Waals surface area contributed by atoms with Crippen LogP contribution in [0.4, 0.5) is 0 Å². The van der Waals surface area contributed by atoms with Crippen molar-refractivity contribution in [1.29, 1.82) is 0 Å². The van der Waals surface area contributed by atoms with Crippen molar-refractivity contribution < 1.29 is 14.3 Å². The average molecular weight is 297 g/mol. The summed E-state index contributed by atoms with van der Waals surface area (Å²) in [6, 6.07) is 5.67. The number of ether oxygens (including phenoxy) is 2. The fourth-order valence-corrected chi connectivity index (χ4v) is 2.60. The highest BCUT2D eigenvalue weighted by Gasteiger charge is 2.15. The fourth-order valence-electron chi connectivity index (χ4n) is 1.68. The molecule has 0 fully saturated rings. The van der Waals surface area contributed by atoms with Gasteiger partial charge in [0.25, 0.3) is 0 Å². The smallest absolute Gasteiger partial charge is 0.233 e. The van der Waals surface area contributed by atoms with Gasteiger partial charge in [-0.3, -0.25) is 4.79 Å². The Morgan fingerprint density at radius 2 is 2.00 bits per heavy atom. The lowest BCUT2D eigenvalue weighted by atomic mass is 10.3. The van der Waals surface area contributed by atoms with Crippen molar-refractivity contribution >= 4 is 17.7 Å². The zero-order valence-corrected chi connectivity index (χ0v) is 13.4. The molecule has 0 aliphatic carbocycles. The molecule has 0 bridgehead atoms. The molecular formula is C15H23NO3S. The lowest BCUT2D eigenvalue weighted by Crippen LogP contribution is -2.31. The third kappa shape index (κ3) is 4.96. The number of hydrogen-bond acceptors (Lipinski definition) is 4. The summed E-state index contributed by atoms with van der Waals surface area (Å²) in [4.78, 5) is 12.9. The molecule has 0 unspecified atom stereocenters. The van der Waals surface area contributed by atoms with Gasteiger partial charge < -0.3 is 14.8 Å². The molecule has 0 saturated heterocycles. The molecule has 5 heteroatoms. The van der Waals surface area contributed by atoms with Crippen molar-refractivity contribution in [3.63, 3.8) is 0 Å². The lowest BCUT2D eigenvalue weighted by Gasteiger charge is -2.13. The summed E-state index contributed by atoms with van der Waals surface area (Å²) >= 11 is 1.51. The van der Waals surface area contributed by atoms with E-state index in [-0.39, 0.29) is 11.2 Å². The van der Waals surface area contributed by atoms with Crippen molar-refractivity contribution in [3.05, 3.63) is 18.2 Å². The van der Waals surface area contributed by atoms with Gasteiger partial charge in [0.1, 0.15) is 0 Å². The number of benzene rings is 1. The van der Waals surface area contributed by atoms with Gasteiger partial charge in [-0.25, -0.2) is 0 Å². The van der Waals surface area contributed by atoms with Gasteiger partial charge in [-0.1, -0.05) is 13.3 Å². The van der Waals surface area contributed by atoms with Crippen molar-refractivity contribution in [3.8, 4) is 11.5 Å². The zero-order valence-electron chi connectivity index (χ0n) is 12.6. The molecule has 0 spiro atoms. The molecule has 20 heavy (non-hydrogen) atoms. The van der Waals surface area contributed by atoms with Crippen LogP contribution in [0.1, 0.15) is 26.7 Å². The normalized spacial score (nSPS) is 11.8. The van der Waals surface area contributed by atoms with Crippen molar-refractivity contribution in [2.24, 2.45) is 0 Å². The first kappa shape index (κ1) is 16.7.